The maximum Gasteiger partial charge on any atom is 0.416 e. The number of carbonyl (C=O) groups is 1. The molecule has 2 atom stereocenters. The molecule has 0 saturated carbocycles. The Labute approximate surface area is 118 Å². The van der Waals surface area contributed by atoms with Gasteiger partial charge < -0.3 is 5.73 Å². The number of primary amides is 1. The topological polar surface area (TPSA) is 89.3 Å². The van der Waals surface area contributed by atoms with Gasteiger partial charge in [0.05, 0.1) is 16.5 Å². The molecule has 118 valence electrons. The molecule has 0 saturated heterocycles. The quantitative estimate of drug-likeness (QED) is 0.796. The molecule has 0 spiro atoms. The Bertz CT molecular complexity index is 631. The van der Waals surface area contributed by atoms with Crippen molar-refractivity contribution >= 4 is 15.9 Å². The molecule has 21 heavy (non-hydrogen) atoms. The lowest BCUT2D eigenvalue weighted by atomic mass is 10.2. The highest BCUT2D eigenvalue weighted by Crippen LogP contribution is 2.30. The fourth-order valence-electron chi connectivity index (χ4n) is 1.46. The van der Waals surface area contributed by atoms with E-state index in [9.17, 15) is 30.8 Å². The normalized spacial score (nSPS) is 15.5. The number of alkyl halides is 4. The Balaban J connectivity index is 3.07. The van der Waals surface area contributed by atoms with Crippen LogP contribution in [0.5, 0.6) is 0 Å². The van der Waals surface area contributed by atoms with E-state index in [2.05, 4.69) is 5.73 Å². The van der Waals surface area contributed by atoms with E-state index >= 15 is 0 Å². The van der Waals surface area contributed by atoms with Gasteiger partial charge in [-0.1, -0.05) is 6.07 Å². The van der Waals surface area contributed by atoms with Crippen LogP contribution in [-0.2, 0) is 21.0 Å². The van der Waals surface area contributed by atoms with E-state index in [4.69, 9.17) is 0 Å². The lowest BCUT2D eigenvalue weighted by Crippen LogP contribution is -2.45. The average molecular weight is 328 g/mol. The third kappa shape index (κ3) is 4.39. The smallest absolute Gasteiger partial charge is 0.367 e. The van der Waals surface area contributed by atoms with E-state index in [1.165, 1.54) is 0 Å². The van der Waals surface area contributed by atoms with Crippen LogP contribution in [0.1, 0.15) is 12.5 Å². The van der Waals surface area contributed by atoms with Gasteiger partial charge in [-0.3, -0.25) is 4.79 Å². The minimum Gasteiger partial charge on any atom is -0.367 e. The molecule has 0 aliphatic carbocycles. The average Bonchev–Trinajstić information content (AvgIpc) is 2.36. The van der Waals surface area contributed by atoms with Crippen molar-refractivity contribution in [3.8, 4) is 0 Å². The van der Waals surface area contributed by atoms with Crippen LogP contribution in [-0.4, -0.2) is 26.5 Å². The molecule has 0 aliphatic heterocycles. The summed E-state index contributed by atoms with van der Waals surface area (Å²) in [6.07, 6.45) is -7.02. The van der Waals surface area contributed by atoms with Crippen LogP contribution in [0.4, 0.5) is 17.6 Å². The van der Waals surface area contributed by atoms with Gasteiger partial charge in [0.2, 0.25) is 10.0 Å². The minimum atomic E-state index is -4.72. The maximum atomic E-state index is 13.3. The first-order chi connectivity index (χ1) is 9.45. The van der Waals surface area contributed by atoms with Gasteiger partial charge in [-0.2, -0.15) is 13.2 Å². The Kier molecular flexibility index (Phi) is 4.95. The summed E-state index contributed by atoms with van der Waals surface area (Å²) in [5, 5.41) is 0. The summed E-state index contributed by atoms with van der Waals surface area (Å²) in [6, 6.07) is 1.42. The molecule has 0 bridgehead atoms. The largest absolute Gasteiger partial charge is 0.416 e. The van der Waals surface area contributed by atoms with Gasteiger partial charge in [-0.05, 0) is 25.1 Å². The lowest BCUT2D eigenvalue weighted by Gasteiger charge is -2.16. The SMILES string of the molecule is CC(NS(=O)(=O)c1cccc(C(F)(F)F)c1)C(F)C(N)=O. The number of halogens is 4. The van der Waals surface area contributed by atoms with E-state index in [1.807, 2.05) is 0 Å². The van der Waals surface area contributed by atoms with Crippen molar-refractivity contribution in [2.75, 3.05) is 0 Å². The molecule has 1 aromatic carbocycles. The molecule has 0 radical (unpaired) electrons. The van der Waals surface area contributed by atoms with E-state index in [-0.39, 0.29) is 0 Å². The Morgan fingerprint density at radius 1 is 1.33 bits per heavy atom. The predicted octanol–water partition coefficient (Wildman–Crippen LogP) is 1.20. The number of nitrogens with one attached hydrogen (secondary N) is 1. The molecular weight excluding hydrogens is 316 g/mol. The van der Waals surface area contributed by atoms with Gasteiger partial charge in [0, 0.05) is 0 Å². The van der Waals surface area contributed by atoms with Gasteiger partial charge in [0.15, 0.2) is 6.17 Å². The number of hydrogen-bond acceptors (Lipinski definition) is 3. The summed E-state index contributed by atoms with van der Waals surface area (Å²) in [5.74, 6) is -1.38. The molecule has 0 aromatic heterocycles. The van der Waals surface area contributed by atoms with Crippen LogP contribution in [0.2, 0.25) is 0 Å². The molecule has 10 heteroatoms. The predicted molar refractivity (Wildman–Crippen MR) is 65.3 cm³/mol. The molecule has 0 aliphatic rings. The fraction of sp³-hybridized carbons (Fsp3) is 0.364. The number of nitrogens with two attached hydrogens (primary N) is 1. The zero-order valence-electron chi connectivity index (χ0n) is 10.7. The van der Waals surface area contributed by atoms with Crippen molar-refractivity contribution in [1.82, 2.24) is 4.72 Å². The number of amides is 1. The molecule has 3 N–H and O–H groups in total. The fourth-order valence-corrected chi connectivity index (χ4v) is 2.74. The summed E-state index contributed by atoms with van der Waals surface area (Å²) in [4.78, 5) is 9.92. The molecule has 1 amide bonds. The first-order valence-electron chi connectivity index (χ1n) is 5.58. The lowest BCUT2D eigenvalue weighted by molar-refractivity contribution is -0.137. The molecule has 2 unspecified atom stereocenters. The number of sulfonamides is 1. The molecule has 1 aromatic rings. The molecule has 5 nitrogen and oxygen atoms in total. The summed E-state index contributed by atoms with van der Waals surface area (Å²) in [7, 11) is -4.42. The Morgan fingerprint density at radius 2 is 1.90 bits per heavy atom. The van der Waals surface area contributed by atoms with Gasteiger partial charge in [0.1, 0.15) is 0 Å². The second kappa shape index (κ2) is 5.98. The van der Waals surface area contributed by atoms with E-state index in [1.54, 1.807) is 4.72 Å². The van der Waals surface area contributed by atoms with E-state index in [0.29, 0.717) is 12.1 Å². The van der Waals surface area contributed by atoms with Crippen molar-refractivity contribution in [3.63, 3.8) is 0 Å². The van der Waals surface area contributed by atoms with Crippen LogP contribution < -0.4 is 10.5 Å². The van der Waals surface area contributed by atoms with Crippen LogP contribution in [0.25, 0.3) is 0 Å². The van der Waals surface area contributed by atoms with Crippen LogP contribution in [0.15, 0.2) is 29.2 Å². The third-order valence-electron chi connectivity index (χ3n) is 2.52. The zero-order valence-corrected chi connectivity index (χ0v) is 11.5. The second-order valence-corrected chi connectivity index (χ2v) is 5.95. The second-order valence-electron chi connectivity index (χ2n) is 4.24. The van der Waals surface area contributed by atoms with Gasteiger partial charge in [0.25, 0.3) is 5.91 Å². The van der Waals surface area contributed by atoms with Crippen molar-refractivity contribution in [2.24, 2.45) is 5.73 Å². The maximum absolute atomic E-state index is 13.3. The molecule has 0 heterocycles. The number of benzene rings is 1. The van der Waals surface area contributed by atoms with Crippen molar-refractivity contribution < 1.29 is 30.8 Å². The molecule has 1 rings (SSSR count). The van der Waals surface area contributed by atoms with Crippen LogP contribution >= 0.6 is 0 Å². The molecular formula is C11H12F4N2O3S. The molecule has 0 fully saturated rings. The number of rotatable bonds is 5. The van der Waals surface area contributed by atoms with E-state index < -0.39 is 44.8 Å². The van der Waals surface area contributed by atoms with Crippen LogP contribution in [0, 0.1) is 0 Å². The first kappa shape index (κ1) is 17.4. The van der Waals surface area contributed by atoms with E-state index in [0.717, 1.165) is 19.1 Å². The standard InChI is InChI=1S/C11H12F4N2O3S/c1-6(9(12)10(16)18)17-21(19,20)8-4-2-3-7(5-8)11(13,14)15/h2-6,9,17H,1H3,(H2,16,18). The van der Waals surface area contributed by atoms with Crippen LogP contribution in [0.3, 0.4) is 0 Å². The van der Waals surface area contributed by atoms with Gasteiger partial charge in [-0.25, -0.2) is 17.5 Å². The third-order valence-corrected chi connectivity index (χ3v) is 4.08. The highest BCUT2D eigenvalue weighted by atomic mass is 32.2. The zero-order chi connectivity index (χ0) is 16.4. The monoisotopic (exact) mass is 328 g/mol. The number of carbonyl (C=O) groups excluding carboxylic acids is 1. The minimum absolute atomic E-state index is 0.409. The van der Waals surface area contributed by atoms with Crippen molar-refractivity contribution in [3.05, 3.63) is 29.8 Å². The first-order valence-corrected chi connectivity index (χ1v) is 7.06. The van der Waals surface area contributed by atoms with Crippen molar-refractivity contribution in [2.45, 2.75) is 30.2 Å². The van der Waals surface area contributed by atoms with Gasteiger partial charge >= 0.3 is 6.18 Å². The Morgan fingerprint density at radius 3 is 2.38 bits per heavy atom. The highest BCUT2D eigenvalue weighted by Gasteiger charge is 2.32. The van der Waals surface area contributed by atoms with Gasteiger partial charge in [-0.15, -0.1) is 0 Å². The number of hydrogen-bond donors (Lipinski definition) is 2. The highest BCUT2D eigenvalue weighted by molar-refractivity contribution is 7.89. The van der Waals surface area contributed by atoms with Crippen molar-refractivity contribution in [1.29, 1.82) is 0 Å². The Hall–Kier alpha value is -1.68. The summed E-state index contributed by atoms with van der Waals surface area (Å²) < 4.78 is 76.3. The summed E-state index contributed by atoms with van der Waals surface area (Å²) >= 11 is 0. The summed E-state index contributed by atoms with van der Waals surface area (Å²) in [6.45, 7) is 1.03. The summed E-state index contributed by atoms with van der Waals surface area (Å²) in [5.41, 5.74) is 3.52.